The number of nitrogens with zero attached hydrogens (tertiary/aromatic N) is 1. The molecule has 2 aliphatic rings. The summed E-state index contributed by atoms with van der Waals surface area (Å²) in [7, 11) is 1.49. The number of ether oxygens (including phenoxy) is 1. The molecule has 3 nitrogen and oxygen atoms in total. The molecule has 1 aromatic rings. The average Bonchev–Trinajstić information content (AvgIpc) is 2.48. The standard InChI is InChI=1S/C14H10BrNO2S2/c1-18-10-6-9-14(12(15)13(10)17)20-11-5-7(19-2)3-4-8(11)16-9/h3-6H,1-2H3. The number of halogens is 1. The third-order valence-corrected chi connectivity index (χ3v) is 5.87. The molecule has 0 spiro atoms. The van der Waals surface area contributed by atoms with E-state index in [9.17, 15) is 4.79 Å². The molecular weight excluding hydrogens is 358 g/mol. The number of rotatable bonds is 2. The van der Waals surface area contributed by atoms with E-state index in [0.717, 1.165) is 20.8 Å². The molecule has 1 aliphatic carbocycles. The zero-order chi connectivity index (χ0) is 14.3. The zero-order valence-corrected chi connectivity index (χ0v) is 14.0. The van der Waals surface area contributed by atoms with Crippen molar-refractivity contribution in [3.8, 4) is 16.3 Å². The summed E-state index contributed by atoms with van der Waals surface area (Å²) >= 11 is 6.62. The summed E-state index contributed by atoms with van der Waals surface area (Å²) in [4.78, 5) is 18.7. The molecule has 0 saturated carbocycles. The molecule has 0 atom stereocenters. The lowest BCUT2D eigenvalue weighted by Crippen LogP contribution is -2.08. The molecule has 1 aromatic carbocycles. The molecule has 3 rings (SSSR count). The first-order valence-electron chi connectivity index (χ1n) is 5.79. The van der Waals surface area contributed by atoms with Gasteiger partial charge in [-0.1, -0.05) is 0 Å². The van der Waals surface area contributed by atoms with Crippen molar-refractivity contribution in [2.45, 2.75) is 4.90 Å². The Morgan fingerprint density at radius 3 is 2.85 bits per heavy atom. The highest BCUT2D eigenvalue weighted by molar-refractivity contribution is 9.10. The summed E-state index contributed by atoms with van der Waals surface area (Å²) in [5, 5.41) is 0. The number of hydrogen-bond donors (Lipinski definition) is 0. The van der Waals surface area contributed by atoms with Crippen molar-refractivity contribution in [1.82, 2.24) is 4.98 Å². The van der Waals surface area contributed by atoms with Crippen molar-refractivity contribution in [3.63, 3.8) is 0 Å². The zero-order valence-electron chi connectivity index (χ0n) is 10.8. The molecule has 102 valence electrons. The van der Waals surface area contributed by atoms with Crippen LogP contribution in [0.25, 0.3) is 20.8 Å². The minimum atomic E-state index is -0.140. The van der Waals surface area contributed by atoms with E-state index in [-0.39, 0.29) is 5.43 Å². The van der Waals surface area contributed by atoms with E-state index < -0.39 is 0 Å². The summed E-state index contributed by atoms with van der Waals surface area (Å²) in [6.07, 6.45) is 2.04. The van der Waals surface area contributed by atoms with Gasteiger partial charge in [-0.25, -0.2) is 4.98 Å². The van der Waals surface area contributed by atoms with Gasteiger partial charge in [0.05, 0.1) is 32.4 Å². The van der Waals surface area contributed by atoms with Gasteiger partial charge in [0.15, 0.2) is 5.75 Å². The molecule has 20 heavy (non-hydrogen) atoms. The maximum Gasteiger partial charge on any atom is 0.236 e. The Labute approximate surface area is 132 Å². The molecule has 0 radical (unpaired) electrons. The Balaban J connectivity index is 2.39. The van der Waals surface area contributed by atoms with Crippen LogP contribution in [0, 0.1) is 0 Å². The first-order chi connectivity index (χ1) is 9.63. The van der Waals surface area contributed by atoms with Crippen LogP contribution in [-0.4, -0.2) is 18.3 Å². The predicted octanol–water partition coefficient (Wildman–Crippen LogP) is 4.25. The molecule has 0 unspecified atom stereocenters. The third-order valence-electron chi connectivity index (χ3n) is 2.96. The van der Waals surface area contributed by atoms with Crippen molar-refractivity contribution in [2.24, 2.45) is 0 Å². The maximum atomic E-state index is 12.1. The van der Waals surface area contributed by atoms with E-state index in [4.69, 9.17) is 4.74 Å². The Kier molecular flexibility index (Phi) is 3.70. The number of methoxy groups -OCH3 is 1. The van der Waals surface area contributed by atoms with Crippen LogP contribution < -0.4 is 10.2 Å². The summed E-state index contributed by atoms with van der Waals surface area (Å²) in [5.74, 6) is 0.309. The SMILES string of the molecule is COc1cc2nc3ccc(SC)cc3sc-2c(Br)c1=O. The molecule has 0 fully saturated rings. The van der Waals surface area contributed by atoms with Crippen molar-refractivity contribution >= 4 is 49.2 Å². The fourth-order valence-corrected chi connectivity index (χ4v) is 4.12. The van der Waals surface area contributed by atoms with E-state index in [1.54, 1.807) is 29.2 Å². The van der Waals surface area contributed by atoms with Crippen molar-refractivity contribution < 1.29 is 4.74 Å². The van der Waals surface area contributed by atoms with Gasteiger partial charge in [0.2, 0.25) is 5.43 Å². The van der Waals surface area contributed by atoms with Gasteiger partial charge >= 0.3 is 0 Å². The summed E-state index contributed by atoms with van der Waals surface area (Å²) < 4.78 is 6.68. The lowest BCUT2D eigenvalue weighted by molar-refractivity contribution is 0.410. The average molecular weight is 368 g/mol. The predicted molar refractivity (Wildman–Crippen MR) is 88.5 cm³/mol. The molecule has 0 aromatic heterocycles. The van der Waals surface area contributed by atoms with E-state index in [1.807, 2.05) is 18.4 Å². The van der Waals surface area contributed by atoms with Crippen LogP contribution in [0.4, 0.5) is 0 Å². The van der Waals surface area contributed by atoms with Crippen LogP contribution in [0.1, 0.15) is 0 Å². The van der Waals surface area contributed by atoms with Gasteiger partial charge in [-0.15, -0.1) is 23.1 Å². The quantitative estimate of drug-likeness (QED) is 0.501. The topological polar surface area (TPSA) is 39.2 Å². The summed E-state index contributed by atoms with van der Waals surface area (Å²) in [6, 6.07) is 7.84. The highest BCUT2D eigenvalue weighted by Crippen LogP contribution is 2.37. The fourth-order valence-electron chi connectivity index (χ4n) is 1.95. The molecule has 0 N–H and O–H groups in total. The van der Waals surface area contributed by atoms with Crippen molar-refractivity contribution in [2.75, 3.05) is 13.4 Å². The number of thioether (sulfide) groups is 1. The molecule has 1 heterocycles. The number of fused-ring (bicyclic) bond motifs is 2. The highest BCUT2D eigenvalue weighted by atomic mass is 79.9. The fraction of sp³-hybridized carbons (Fsp3) is 0.143. The molecular formula is C14H10BrNO2S2. The van der Waals surface area contributed by atoms with Crippen LogP contribution >= 0.6 is 39.0 Å². The summed E-state index contributed by atoms with van der Waals surface area (Å²) in [5.41, 5.74) is 1.55. The number of aromatic nitrogens is 1. The minimum absolute atomic E-state index is 0.140. The lowest BCUT2D eigenvalue weighted by Gasteiger charge is -2.10. The Hall–Kier alpha value is -1.11. The second-order valence-corrected chi connectivity index (χ2v) is 6.84. The van der Waals surface area contributed by atoms with Crippen LogP contribution in [-0.2, 0) is 0 Å². The van der Waals surface area contributed by atoms with Gasteiger partial charge in [-0.05, 0) is 40.4 Å². The molecule has 0 saturated heterocycles. The molecule has 0 amide bonds. The summed E-state index contributed by atoms with van der Waals surface area (Å²) in [6.45, 7) is 0. The van der Waals surface area contributed by atoms with Crippen LogP contribution in [0.3, 0.4) is 0 Å². The van der Waals surface area contributed by atoms with Crippen molar-refractivity contribution in [1.29, 1.82) is 0 Å². The van der Waals surface area contributed by atoms with E-state index in [1.165, 1.54) is 12.0 Å². The third kappa shape index (κ3) is 2.21. The number of benzene rings is 2. The van der Waals surface area contributed by atoms with E-state index >= 15 is 0 Å². The van der Waals surface area contributed by atoms with Gasteiger partial charge in [-0.2, -0.15) is 0 Å². The number of hydrogen-bond acceptors (Lipinski definition) is 5. The first-order valence-corrected chi connectivity index (χ1v) is 8.62. The minimum Gasteiger partial charge on any atom is -0.493 e. The van der Waals surface area contributed by atoms with Crippen LogP contribution in [0.5, 0.6) is 5.75 Å². The van der Waals surface area contributed by atoms with Crippen molar-refractivity contribution in [3.05, 3.63) is 39.0 Å². The van der Waals surface area contributed by atoms with Gasteiger partial charge < -0.3 is 4.74 Å². The van der Waals surface area contributed by atoms with Gasteiger partial charge in [0.25, 0.3) is 0 Å². The largest absolute Gasteiger partial charge is 0.493 e. The normalized spacial score (nSPS) is 11.2. The monoisotopic (exact) mass is 367 g/mol. The van der Waals surface area contributed by atoms with Gasteiger partial charge in [-0.3, -0.25) is 4.79 Å². The van der Waals surface area contributed by atoms with E-state index in [2.05, 4.69) is 27.0 Å². The Morgan fingerprint density at radius 2 is 2.15 bits per heavy atom. The second kappa shape index (κ2) is 5.35. The van der Waals surface area contributed by atoms with Crippen LogP contribution in [0.15, 0.2) is 38.4 Å². The molecule has 1 aliphatic heterocycles. The lowest BCUT2D eigenvalue weighted by atomic mass is 10.2. The molecule has 0 bridgehead atoms. The maximum absolute atomic E-state index is 12.1. The van der Waals surface area contributed by atoms with E-state index in [0.29, 0.717) is 10.2 Å². The Morgan fingerprint density at radius 1 is 1.35 bits per heavy atom. The second-order valence-electron chi connectivity index (χ2n) is 4.12. The van der Waals surface area contributed by atoms with Gasteiger partial charge in [0.1, 0.15) is 0 Å². The van der Waals surface area contributed by atoms with Crippen LogP contribution in [0.2, 0.25) is 0 Å². The first kappa shape index (κ1) is 13.9. The highest BCUT2D eigenvalue weighted by Gasteiger charge is 2.17. The smallest absolute Gasteiger partial charge is 0.236 e. The Bertz CT molecular complexity index is 831. The molecule has 6 heteroatoms. The van der Waals surface area contributed by atoms with Gasteiger partial charge in [0, 0.05) is 11.0 Å².